The van der Waals surface area contributed by atoms with E-state index in [0.29, 0.717) is 12.5 Å². The van der Waals surface area contributed by atoms with Crippen LogP contribution in [0.5, 0.6) is 0 Å². The smallest absolute Gasteiger partial charge is 0.188 e. The van der Waals surface area contributed by atoms with E-state index in [-0.39, 0.29) is 18.0 Å². The molecule has 1 fully saturated rings. The quantitative estimate of drug-likeness (QED) is 0.450. The third kappa shape index (κ3) is 2.87. The average molecular weight is 199 g/mol. The van der Waals surface area contributed by atoms with Gasteiger partial charge in [0.2, 0.25) is 0 Å². The van der Waals surface area contributed by atoms with E-state index in [4.69, 9.17) is 11.1 Å². The Morgan fingerprint density at radius 3 is 2.79 bits per heavy atom. The van der Waals surface area contributed by atoms with Crippen LogP contribution in [0.2, 0.25) is 0 Å². The van der Waals surface area contributed by atoms with Crippen LogP contribution >= 0.6 is 0 Å². The third-order valence-electron chi connectivity index (χ3n) is 2.81. The SMILES string of the molecule is CC(C)C[C@@H]1CN(C(=N)N)CC[C@@H]1O. The molecule has 1 rings (SSSR count). The number of aliphatic hydroxyl groups excluding tert-OH is 1. The zero-order valence-corrected chi connectivity index (χ0v) is 9.03. The molecule has 14 heavy (non-hydrogen) atoms. The first-order valence-electron chi connectivity index (χ1n) is 5.27. The molecule has 1 saturated heterocycles. The highest BCUT2D eigenvalue weighted by Gasteiger charge is 2.28. The van der Waals surface area contributed by atoms with E-state index in [2.05, 4.69) is 13.8 Å². The van der Waals surface area contributed by atoms with Crippen molar-refractivity contribution in [2.45, 2.75) is 32.8 Å². The van der Waals surface area contributed by atoms with Gasteiger partial charge in [-0.3, -0.25) is 5.41 Å². The van der Waals surface area contributed by atoms with Gasteiger partial charge in [0.05, 0.1) is 6.10 Å². The van der Waals surface area contributed by atoms with Crippen molar-refractivity contribution in [2.75, 3.05) is 13.1 Å². The minimum absolute atomic E-state index is 0.130. The minimum atomic E-state index is -0.215. The summed E-state index contributed by atoms with van der Waals surface area (Å²) >= 11 is 0. The number of aliphatic hydroxyl groups is 1. The monoisotopic (exact) mass is 199 g/mol. The van der Waals surface area contributed by atoms with Crippen molar-refractivity contribution in [1.82, 2.24) is 4.90 Å². The molecule has 82 valence electrons. The lowest BCUT2D eigenvalue weighted by Crippen LogP contribution is -2.48. The zero-order chi connectivity index (χ0) is 10.7. The molecule has 0 aliphatic carbocycles. The van der Waals surface area contributed by atoms with Gasteiger partial charge in [-0.15, -0.1) is 0 Å². The summed E-state index contributed by atoms with van der Waals surface area (Å²) in [5.41, 5.74) is 5.43. The summed E-state index contributed by atoms with van der Waals surface area (Å²) in [4.78, 5) is 1.85. The Bertz CT molecular complexity index is 206. The molecular weight excluding hydrogens is 178 g/mol. The van der Waals surface area contributed by atoms with E-state index < -0.39 is 0 Å². The summed E-state index contributed by atoms with van der Waals surface area (Å²) in [7, 11) is 0. The van der Waals surface area contributed by atoms with Crippen LogP contribution < -0.4 is 5.73 Å². The molecule has 0 aromatic carbocycles. The molecule has 0 aromatic rings. The molecule has 1 aliphatic rings. The molecule has 0 spiro atoms. The summed E-state index contributed by atoms with van der Waals surface area (Å²) in [5, 5.41) is 17.1. The number of guanidine groups is 1. The molecule has 4 N–H and O–H groups in total. The van der Waals surface area contributed by atoms with Crippen LogP contribution in [0, 0.1) is 17.2 Å². The second-order valence-electron chi connectivity index (χ2n) is 4.58. The summed E-state index contributed by atoms with van der Waals surface area (Å²) in [6.45, 7) is 5.75. The Labute approximate surface area is 85.6 Å². The lowest BCUT2D eigenvalue weighted by atomic mass is 9.87. The molecule has 1 aliphatic heterocycles. The van der Waals surface area contributed by atoms with Crippen molar-refractivity contribution in [3.8, 4) is 0 Å². The van der Waals surface area contributed by atoms with Gasteiger partial charge in [-0.05, 0) is 18.8 Å². The predicted molar refractivity (Wildman–Crippen MR) is 57.1 cm³/mol. The van der Waals surface area contributed by atoms with Crippen molar-refractivity contribution in [2.24, 2.45) is 17.6 Å². The van der Waals surface area contributed by atoms with Gasteiger partial charge in [0.1, 0.15) is 0 Å². The van der Waals surface area contributed by atoms with Crippen molar-refractivity contribution >= 4 is 5.96 Å². The number of rotatable bonds is 2. The van der Waals surface area contributed by atoms with Crippen molar-refractivity contribution in [1.29, 1.82) is 5.41 Å². The van der Waals surface area contributed by atoms with Crippen molar-refractivity contribution in [3.05, 3.63) is 0 Å². The van der Waals surface area contributed by atoms with Gasteiger partial charge >= 0.3 is 0 Å². The van der Waals surface area contributed by atoms with Gasteiger partial charge in [-0.25, -0.2) is 0 Å². The largest absolute Gasteiger partial charge is 0.393 e. The second-order valence-corrected chi connectivity index (χ2v) is 4.58. The Morgan fingerprint density at radius 2 is 2.29 bits per heavy atom. The summed E-state index contributed by atoms with van der Waals surface area (Å²) in [5.74, 6) is 0.986. The topological polar surface area (TPSA) is 73.3 Å². The van der Waals surface area contributed by atoms with Crippen LogP contribution in [0.15, 0.2) is 0 Å². The molecule has 4 nitrogen and oxygen atoms in total. The number of hydrogen-bond acceptors (Lipinski definition) is 2. The number of hydrogen-bond donors (Lipinski definition) is 3. The zero-order valence-electron chi connectivity index (χ0n) is 9.03. The van der Waals surface area contributed by atoms with E-state index in [1.54, 1.807) is 0 Å². The van der Waals surface area contributed by atoms with E-state index in [1.165, 1.54) is 0 Å². The predicted octanol–water partition coefficient (Wildman–Crippen LogP) is 0.609. The van der Waals surface area contributed by atoms with E-state index >= 15 is 0 Å². The highest BCUT2D eigenvalue weighted by atomic mass is 16.3. The number of nitrogens with zero attached hydrogens (tertiary/aromatic N) is 1. The first-order chi connectivity index (χ1) is 6.50. The molecule has 0 bridgehead atoms. The molecule has 4 heteroatoms. The van der Waals surface area contributed by atoms with Gasteiger partial charge in [0.15, 0.2) is 5.96 Å². The third-order valence-corrected chi connectivity index (χ3v) is 2.81. The van der Waals surface area contributed by atoms with Crippen LogP contribution in [0.25, 0.3) is 0 Å². The first-order valence-corrected chi connectivity index (χ1v) is 5.27. The summed E-state index contributed by atoms with van der Waals surface area (Å²) < 4.78 is 0. The van der Waals surface area contributed by atoms with Gasteiger partial charge in [-0.1, -0.05) is 13.8 Å². The Hall–Kier alpha value is -0.770. The fraction of sp³-hybridized carbons (Fsp3) is 0.900. The standard InChI is InChI=1S/C10H21N3O/c1-7(2)5-8-6-13(10(11)12)4-3-9(8)14/h7-9,14H,3-6H2,1-2H3,(H3,11,12)/t8-,9+/m1/s1. The van der Waals surface area contributed by atoms with Crippen LogP contribution in [0.3, 0.4) is 0 Å². The maximum atomic E-state index is 9.78. The molecule has 0 radical (unpaired) electrons. The van der Waals surface area contributed by atoms with Crippen LogP contribution in [0.1, 0.15) is 26.7 Å². The second kappa shape index (κ2) is 4.64. The Morgan fingerprint density at radius 1 is 1.64 bits per heavy atom. The first kappa shape index (κ1) is 11.3. The molecule has 1 heterocycles. The molecule has 0 amide bonds. The van der Waals surface area contributed by atoms with Crippen LogP contribution in [-0.2, 0) is 0 Å². The van der Waals surface area contributed by atoms with Crippen LogP contribution in [0.4, 0.5) is 0 Å². The summed E-state index contributed by atoms with van der Waals surface area (Å²) in [6.07, 6.45) is 1.52. The van der Waals surface area contributed by atoms with Gasteiger partial charge < -0.3 is 15.7 Å². The van der Waals surface area contributed by atoms with E-state index in [9.17, 15) is 5.11 Å². The van der Waals surface area contributed by atoms with E-state index in [0.717, 1.165) is 19.4 Å². The fourth-order valence-electron chi connectivity index (χ4n) is 2.08. The normalized spacial score (nSPS) is 28.1. The highest BCUT2D eigenvalue weighted by molar-refractivity contribution is 5.74. The van der Waals surface area contributed by atoms with Gasteiger partial charge in [0, 0.05) is 19.0 Å². The van der Waals surface area contributed by atoms with Crippen molar-refractivity contribution < 1.29 is 5.11 Å². The highest BCUT2D eigenvalue weighted by Crippen LogP contribution is 2.23. The summed E-state index contributed by atoms with van der Waals surface area (Å²) in [6, 6.07) is 0. The molecule has 0 saturated carbocycles. The lowest BCUT2D eigenvalue weighted by Gasteiger charge is -2.37. The molecule has 0 unspecified atom stereocenters. The van der Waals surface area contributed by atoms with Crippen molar-refractivity contribution in [3.63, 3.8) is 0 Å². The number of piperidine rings is 1. The number of likely N-dealkylation sites (tertiary alicyclic amines) is 1. The van der Waals surface area contributed by atoms with E-state index in [1.807, 2.05) is 4.90 Å². The van der Waals surface area contributed by atoms with Gasteiger partial charge in [0.25, 0.3) is 0 Å². The maximum Gasteiger partial charge on any atom is 0.188 e. The molecular formula is C10H21N3O. The molecule has 0 aromatic heterocycles. The number of nitrogens with two attached hydrogens (primary N) is 1. The number of nitrogens with one attached hydrogen (secondary N) is 1. The minimum Gasteiger partial charge on any atom is -0.393 e. The maximum absolute atomic E-state index is 9.78. The fourth-order valence-corrected chi connectivity index (χ4v) is 2.08. The Balaban J connectivity index is 2.50. The molecule has 2 atom stereocenters. The Kier molecular flexibility index (Phi) is 3.75. The lowest BCUT2D eigenvalue weighted by molar-refractivity contribution is 0.0392. The van der Waals surface area contributed by atoms with Gasteiger partial charge in [-0.2, -0.15) is 0 Å². The van der Waals surface area contributed by atoms with Crippen LogP contribution in [-0.4, -0.2) is 35.2 Å². The average Bonchev–Trinajstić information content (AvgIpc) is 2.07.